The van der Waals surface area contributed by atoms with Gasteiger partial charge >= 0.3 is 0 Å². The number of aliphatic hydroxyl groups is 2. The number of carbonyl (C=O) groups excluding carboxylic acids is 1. The van der Waals surface area contributed by atoms with Crippen molar-refractivity contribution in [3.8, 4) is 0 Å². The van der Waals surface area contributed by atoms with Gasteiger partial charge < -0.3 is 20.0 Å². The third kappa shape index (κ3) is 3.37. The predicted molar refractivity (Wildman–Crippen MR) is 78.4 cm³/mol. The van der Waals surface area contributed by atoms with E-state index in [1.54, 1.807) is 6.08 Å². The van der Waals surface area contributed by atoms with E-state index in [-0.39, 0.29) is 19.0 Å². The molecule has 1 heterocycles. The number of aliphatic hydroxyl groups excluding tert-OH is 2. The molecule has 0 spiro atoms. The number of amides is 1. The van der Waals surface area contributed by atoms with Crippen LogP contribution in [0.4, 0.5) is 5.69 Å². The van der Waals surface area contributed by atoms with Gasteiger partial charge in [-0.3, -0.25) is 4.79 Å². The molecule has 1 aromatic carbocycles. The van der Waals surface area contributed by atoms with E-state index in [0.717, 1.165) is 11.3 Å². The number of rotatable bonds is 3. The van der Waals surface area contributed by atoms with E-state index in [9.17, 15) is 15.0 Å². The second-order valence-electron chi connectivity index (χ2n) is 5.20. The first-order chi connectivity index (χ1) is 9.47. The molecular formula is C15H20N2O3. The molecule has 0 aromatic heterocycles. The zero-order valence-corrected chi connectivity index (χ0v) is 11.7. The van der Waals surface area contributed by atoms with Crippen molar-refractivity contribution in [2.24, 2.45) is 0 Å². The molecule has 1 aliphatic heterocycles. The largest absolute Gasteiger partial charge is 0.388 e. The van der Waals surface area contributed by atoms with Crippen LogP contribution in [0.3, 0.4) is 0 Å². The minimum Gasteiger partial charge on any atom is -0.388 e. The Labute approximate surface area is 118 Å². The summed E-state index contributed by atoms with van der Waals surface area (Å²) in [5.41, 5.74) is 2.03. The van der Waals surface area contributed by atoms with E-state index in [1.807, 2.05) is 43.3 Å². The first-order valence-electron chi connectivity index (χ1n) is 6.58. The number of carbonyl (C=O) groups is 1. The highest BCUT2D eigenvalue weighted by atomic mass is 16.3. The third-order valence-electron chi connectivity index (χ3n) is 3.40. The number of hydrogen-bond donors (Lipinski definition) is 2. The van der Waals surface area contributed by atoms with Gasteiger partial charge in [0.1, 0.15) is 0 Å². The maximum Gasteiger partial charge on any atom is 0.246 e. The number of anilines is 1. The van der Waals surface area contributed by atoms with Crippen LogP contribution in [0.25, 0.3) is 6.08 Å². The molecule has 20 heavy (non-hydrogen) atoms. The van der Waals surface area contributed by atoms with Crippen molar-refractivity contribution in [3.05, 3.63) is 35.9 Å². The van der Waals surface area contributed by atoms with Gasteiger partial charge in [0.2, 0.25) is 5.91 Å². The highest BCUT2D eigenvalue weighted by Crippen LogP contribution is 2.14. The van der Waals surface area contributed by atoms with Gasteiger partial charge in [-0.05, 0) is 23.8 Å². The number of likely N-dealkylation sites (tertiary alicyclic amines) is 1. The van der Waals surface area contributed by atoms with Crippen molar-refractivity contribution in [2.75, 3.05) is 32.1 Å². The zero-order chi connectivity index (χ0) is 14.7. The average molecular weight is 276 g/mol. The molecule has 1 fully saturated rings. The van der Waals surface area contributed by atoms with Gasteiger partial charge in [0.15, 0.2) is 0 Å². The first-order valence-corrected chi connectivity index (χ1v) is 6.58. The van der Waals surface area contributed by atoms with Crippen LogP contribution in [0.1, 0.15) is 5.56 Å². The van der Waals surface area contributed by atoms with Gasteiger partial charge in [0.05, 0.1) is 12.2 Å². The van der Waals surface area contributed by atoms with E-state index < -0.39 is 12.2 Å². The highest BCUT2D eigenvalue weighted by molar-refractivity contribution is 5.92. The molecule has 5 nitrogen and oxygen atoms in total. The van der Waals surface area contributed by atoms with Crippen LogP contribution in [0, 0.1) is 0 Å². The van der Waals surface area contributed by atoms with Crippen LogP contribution >= 0.6 is 0 Å². The predicted octanol–water partition coefficient (Wildman–Crippen LogP) is 0.330. The minimum absolute atomic E-state index is 0.184. The van der Waals surface area contributed by atoms with Crippen LogP contribution in [-0.4, -0.2) is 60.4 Å². The Balaban J connectivity index is 1.97. The molecule has 2 atom stereocenters. The molecule has 0 radical (unpaired) electrons. The zero-order valence-electron chi connectivity index (χ0n) is 11.7. The first kappa shape index (κ1) is 14.6. The van der Waals surface area contributed by atoms with Gasteiger partial charge in [-0.2, -0.15) is 0 Å². The van der Waals surface area contributed by atoms with Crippen molar-refractivity contribution in [2.45, 2.75) is 12.2 Å². The summed E-state index contributed by atoms with van der Waals surface area (Å²) in [5.74, 6) is -0.197. The molecule has 5 heteroatoms. The van der Waals surface area contributed by atoms with Gasteiger partial charge in [-0.25, -0.2) is 0 Å². The smallest absolute Gasteiger partial charge is 0.246 e. The van der Waals surface area contributed by atoms with E-state index in [2.05, 4.69) is 0 Å². The Morgan fingerprint density at radius 2 is 1.75 bits per heavy atom. The molecule has 1 aliphatic rings. The van der Waals surface area contributed by atoms with Crippen molar-refractivity contribution >= 4 is 17.7 Å². The molecule has 1 aromatic rings. The molecule has 1 saturated heterocycles. The normalized spacial score (nSPS) is 22.5. The quantitative estimate of drug-likeness (QED) is 0.781. The Morgan fingerprint density at radius 1 is 1.20 bits per heavy atom. The number of nitrogens with zero attached hydrogens (tertiary/aromatic N) is 2. The molecule has 0 aliphatic carbocycles. The molecule has 0 saturated carbocycles. The van der Waals surface area contributed by atoms with Crippen LogP contribution in [0.2, 0.25) is 0 Å². The van der Waals surface area contributed by atoms with Crippen LogP contribution in [0.5, 0.6) is 0 Å². The summed E-state index contributed by atoms with van der Waals surface area (Å²) in [5, 5.41) is 18.8. The molecule has 2 unspecified atom stereocenters. The SMILES string of the molecule is CN(C)c1ccc(/C=C/C(=O)N2CC(O)C(O)C2)cc1. The van der Waals surface area contributed by atoms with Crippen LogP contribution in [-0.2, 0) is 4.79 Å². The van der Waals surface area contributed by atoms with Gasteiger partial charge in [-0.1, -0.05) is 12.1 Å². The topological polar surface area (TPSA) is 64.0 Å². The molecule has 2 rings (SSSR count). The summed E-state index contributed by atoms with van der Waals surface area (Å²) in [4.78, 5) is 15.3. The Kier molecular flexibility index (Phi) is 4.42. The summed E-state index contributed by atoms with van der Waals surface area (Å²) in [6.07, 6.45) is 1.52. The average Bonchev–Trinajstić information content (AvgIpc) is 2.76. The van der Waals surface area contributed by atoms with Crippen LogP contribution < -0.4 is 4.90 Å². The summed E-state index contributed by atoms with van der Waals surface area (Å²) in [6.45, 7) is 0.369. The lowest BCUT2D eigenvalue weighted by Gasteiger charge is -2.13. The van der Waals surface area contributed by atoms with E-state index in [4.69, 9.17) is 0 Å². The third-order valence-corrected chi connectivity index (χ3v) is 3.40. The number of hydrogen-bond acceptors (Lipinski definition) is 4. The summed E-state index contributed by atoms with van der Waals surface area (Å²) in [7, 11) is 3.94. The molecular weight excluding hydrogens is 256 g/mol. The Bertz CT molecular complexity index is 486. The lowest BCUT2D eigenvalue weighted by Crippen LogP contribution is -2.27. The van der Waals surface area contributed by atoms with Crippen molar-refractivity contribution in [1.29, 1.82) is 0 Å². The highest BCUT2D eigenvalue weighted by Gasteiger charge is 2.31. The molecule has 108 valence electrons. The minimum atomic E-state index is -0.841. The summed E-state index contributed by atoms with van der Waals surface area (Å²) >= 11 is 0. The number of β-amino-alcohol motifs (C(OH)–C–C–N with tert-alkyl or cyclic N) is 2. The maximum atomic E-state index is 11.9. The van der Waals surface area contributed by atoms with Gasteiger partial charge in [-0.15, -0.1) is 0 Å². The Morgan fingerprint density at radius 3 is 2.25 bits per heavy atom. The van der Waals surface area contributed by atoms with Gasteiger partial charge in [0.25, 0.3) is 0 Å². The Hall–Kier alpha value is -1.85. The van der Waals surface area contributed by atoms with E-state index in [0.29, 0.717) is 0 Å². The van der Waals surface area contributed by atoms with Crippen molar-refractivity contribution < 1.29 is 15.0 Å². The molecule has 2 N–H and O–H groups in total. The standard InChI is InChI=1S/C15H20N2O3/c1-16(2)12-6-3-11(4-7-12)5-8-15(20)17-9-13(18)14(19)10-17/h3-8,13-14,18-19H,9-10H2,1-2H3/b8-5+. The summed E-state index contributed by atoms with van der Waals surface area (Å²) < 4.78 is 0. The lowest BCUT2D eigenvalue weighted by atomic mass is 10.2. The lowest BCUT2D eigenvalue weighted by molar-refractivity contribution is -0.125. The van der Waals surface area contributed by atoms with E-state index >= 15 is 0 Å². The maximum absolute atomic E-state index is 11.9. The second-order valence-corrected chi connectivity index (χ2v) is 5.20. The molecule has 0 bridgehead atoms. The van der Waals surface area contributed by atoms with E-state index in [1.165, 1.54) is 11.0 Å². The number of benzene rings is 1. The van der Waals surface area contributed by atoms with Crippen LogP contribution in [0.15, 0.2) is 30.3 Å². The monoisotopic (exact) mass is 276 g/mol. The second kappa shape index (κ2) is 6.07. The summed E-state index contributed by atoms with van der Waals surface area (Å²) in [6, 6.07) is 7.83. The van der Waals surface area contributed by atoms with Gasteiger partial charge in [0, 0.05) is 38.9 Å². The fourth-order valence-corrected chi connectivity index (χ4v) is 2.11. The van der Waals surface area contributed by atoms with Crippen molar-refractivity contribution in [3.63, 3.8) is 0 Å². The van der Waals surface area contributed by atoms with Crippen molar-refractivity contribution in [1.82, 2.24) is 4.90 Å². The fourth-order valence-electron chi connectivity index (χ4n) is 2.11. The molecule has 1 amide bonds. The fraction of sp³-hybridized carbons (Fsp3) is 0.400.